The van der Waals surface area contributed by atoms with Gasteiger partial charge < -0.3 is 41.0 Å². The summed E-state index contributed by atoms with van der Waals surface area (Å²) in [5, 5.41) is 27.5. The van der Waals surface area contributed by atoms with Crippen LogP contribution < -0.4 is 16.4 Å². The Labute approximate surface area is 316 Å². The number of piperidine rings is 1. The molecule has 6 N–H and O–H groups in total. The van der Waals surface area contributed by atoms with Crippen molar-refractivity contribution in [3.63, 3.8) is 0 Å². The maximum Gasteiger partial charge on any atom is 0.224 e. The van der Waals surface area contributed by atoms with Crippen LogP contribution in [0.25, 0.3) is 0 Å². The minimum Gasteiger partial charge on any atom is -0.397 e. The minimum absolute atomic E-state index is 0.0299. The number of amides is 2. The summed E-state index contributed by atoms with van der Waals surface area (Å²) in [6.45, 7) is 2.09. The van der Waals surface area contributed by atoms with Crippen LogP contribution in [0.5, 0.6) is 0 Å². The van der Waals surface area contributed by atoms with Crippen LogP contribution in [-0.2, 0) is 31.3 Å². The molecule has 4 aromatic rings. The predicted octanol–water partition coefficient (Wildman–Crippen LogP) is 7.47. The molecular weight excluding hydrogens is 692 g/mol. The average Bonchev–Trinajstić information content (AvgIpc) is 3.17. The molecular formula is C42H49ClN4O6. The van der Waals surface area contributed by atoms with Crippen molar-refractivity contribution in [2.75, 3.05) is 36.0 Å². The number of hydrogen-bond donors (Lipinski definition) is 5. The highest BCUT2D eigenvalue weighted by Crippen LogP contribution is 2.40. The molecule has 10 nitrogen and oxygen atoms in total. The summed E-state index contributed by atoms with van der Waals surface area (Å²) < 4.78 is 13.2. The molecule has 0 unspecified atom stereocenters. The molecule has 2 aliphatic rings. The molecule has 6 rings (SSSR count). The van der Waals surface area contributed by atoms with Crippen molar-refractivity contribution in [2.45, 2.75) is 82.1 Å². The number of aliphatic hydroxyl groups is 2. The van der Waals surface area contributed by atoms with Gasteiger partial charge in [0.2, 0.25) is 11.8 Å². The second-order valence-electron chi connectivity index (χ2n) is 14.1. The fourth-order valence-corrected chi connectivity index (χ4v) is 7.16. The van der Waals surface area contributed by atoms with Crippen molar-refractivity contribution in [2.24, 2.45) is 0 Å². The summed E-state index contributed by atoms with van der Waals surface area (Å²) in [5.74, 6) is -0.197. The second kappa shape index (κ2) is 18.2. The number of benzene rings is 4. The number of carbonyl (C=O) groups is 2. The number of aliphatic hydroxyl groups excluding tert-OH is 1. The number of nitrogen functional groups attached to an aromatic ring is 1. The lowest BCUT2D eigenvalue weighted by molar-refractivity contribution is -0.253. The van der Waals surface area contributed by atoms with Gasteiger partial charge in [0.05, 0.1) is 35.8 Å². The Morgan fingerprint density at radius 2 is 1.53 bits per heavy atom. The Balaban J connectivity index is 1.03. The molecule has 2 saturated heterocycles. The number of nitrogens with one attached hydrogen (secondary N) is 2. The van der Waals surface area contributed by atoms with Gasteiger partial charge in [0.1, 0.15) is 0 Å². The first kappa shape index (κ1) is 38.4. The lowest BCUT2D eigenvalue weighted by atomic mass is 9.84. The molecule has 2 fully saturated rings. The highest BCUT2D eigenvalue weighted by atomic mass is 35.5. The molecule has 3 atom stereocenters. The second-order valence-corrected chi connectivity index (χ2v) is 14.5. The van der Waals surface area contributed by atoms with Crippen molar-refractivity contribution in [1.82, 2.24) is 4.90 Å². The van der Waals surface area contributed by atoms with Crippen LogP contribution in [0, 0.1) is 0 Å². The highest BCUT2D eigenvalue weighted by Gasteiger charge is 2.37. The van der Waals surface area contributed by atoms with E-state index in [1.54, 1.807) is 12.1 Å². The van der Waals surface area contributed by atoms with Crippen molar-refractivity contribution >= 4 is 40.5 Å². The zero-order valence-corrected chi connectivity index (χ0v) is 30.6. The molecule has 0 spiro atoms. The third kappa shape index (κ3) is 10.7. The van der Waals surface area contributed by atoms with Gasteiger partial charge in [-0.2, -0.15) is 0 Å². The van der Waals surface area contributed by atoms with Gasteiger partial charge in [0, 0.05) is 55.2 Å². The first-order valence-corrected chi connectivity index (χ1v) is 18.8. The summed E-state index contributed by atoms with van der Waals surface area (Å²) >= 11 is 6.09. The van der Waals surface area contributed by atoms with E-state index in [0.717, 1.165) is 41.8 Å². The predicted molar refractivity (Wildman–Crippen MR) is 207 cm³/mol. The number of unbranched alkanes of at least 4 members (excludes halogenated alkanes) is 2. The standard InChI is InChI=1S/C42H49ClN4O6/c43-33-19-17-32(18-20-33)42(51)21-23-47(24-22-42)27-35-26-38(30-15-13-29(28-48)14-16-30)53-41(52-35)31-7-6-8-34(25-31)45-39(49)11-2-1-3-12-40(50)46-37-10-5-4-9-36(37)44/h4-10,13-20,25,35,38,41,48,51H,1-3,11-12,21-24,26-28,44H2,(H,45,49)(H,46,50)/t35-,38+,41+/m1/s1. The Kier molecular flexibility index (Phi) is 13.2. The largest absolute Gasteiger partial charge is 0.397 e. The maximum atomic E-state index is 12.9. The summed E-state index contributed by atoms with van der Waals surface area (Å²) in [6.07, 6.45) is 3.57. The maximum absolute atomic E-state index is 12.9. The van der Waals surface area contributed by atoms with Gasteiger partial charge in [-0.3, -0.25) is 9.59 Å². The molecule has 280 valence electrons. The van der Waals surface area contributed by atoms with E-state index in [0.29, 0.717) is 73.6 Å². The van der Waals surface area contributed by atoms with Crippen molar-refractivity contribution in [3.8, 4) is 0 Å². The molecule has 53 heavy (non-hydrogen) atoms. The number of rotatable bonds is 14. The number of halogens is 1. The van der Waals surface area contributed by atoms with Crippen LogP contribution in [-0.4, -0.2) is 52.7 Å². The highest BCUT2D eigenvalue weighted by molar-refractivity contribution is 6.30. The van der Waals surface area contributed by atoms with Crippen molar-refractivity contribution in [3.05, 3.63) is 124 Å². The summed E-state index contributed by atoms with van der Waals surface area (Å²) in [5.41, 5.74) is 10.3. The smallest absolute Gasteiger partial charge is 0.224 e. The number of anilines is 3. The molecule has 11 heteroatoms. The zero-order chi connectivity index (χ0) is 37.2. The van der Waals surface area contributed by atoms with E-state index >= 15 is 0 Å². The van der Waals surface area contributed by atoms with Crippen molar-refractivity contribution in [1.29, 1.82) is 0 Å². The zero-order valence-electron chi connectivity index (χ0n) is 29.9. The normalized spacial score (nSPS) is 20.1. The third-order valence-corrected chi connectivity index (χ3v) is 10.4. The van der Waals surface area contributed by atoms with Crippen LogP contribution in [0.3, 0.4) is 0 Å². The van der Waals surface area contributed by atoms with Gasteiger partial charge in [-0.25, -0.2) is 0 Å². The number of nitrogens with zero attached hydrogens (tertiary/aromatic N) is 1. The SMILES string of the molecule is Nc1ccccc1NC(=O)CCCCCC(=O)Nc1cccc([C@H]2O[C@@H](CN3CCC(O)(c4ccc(Cl)cc4)CC3)C[C@@H](c3ccc(CO)cc3)O2)c1. The summed E-state index contributed by atoms with van der Waals surface area (Å²) in [7, 11) is 0. The third-order valence-electron chi connectivity index (χ3n) is 10.1. The van der Waals surface area contributed by atoms with Gasteiger partial charge in [0.25, 0.3) is 0 Å². The Hall–Kier alpha value is -4.29. The van der Waals surface area contributed by atoms with Crippen LogP contribution in [0.1, 0.15) is 86.0 Å². The van der Waals surface area contributed by atoms with Crippen LogP contribution >= 0.6 is 11.6 Å². The van der Waals surface area contributed by atoms with E-state index in [1.807, 2.05) is 84.9 Å². The Morgan fingerprint density at radius 1 is 0.830 bits per heavy atom. The number of ether oxygens (including phenoxy) is 2. The average molecular weight is 741 g/mol. The van der Waals surface area contributed by atoms with E-state index in [2.05, 4.69) is 15.5 Å². The first-order valence-electron chi connectivity index (χ1n) is 18.4. The number of para-hydroxylation sites is 2. The number of hydrogen-bond acceptors (Lipinski definition) is 8. The van der Waals surface area contributed by atoms with Gasteiger partial charge in [-0.15, -0.1) is 0 Å². The lowest BCUT2D eigenvalue weighted by Crippen LogP contribution is -2.46. The van der Waals surface area contributed by atoms with E-state index in [9.17, 15) is 19.8 Å². The van der Waals surface area contributed by atoms with Gasteiger partial charge >= 0.3 is 0 Å². The number of nitrogens with two attached hydrogens (primary N) is 1. The Bertz CT molecular complexity index is 1810. The van der Waals surface area contributed by atoms with Crippen LogP contribution in [0.15, 0.2) is 97.1 Å². The fourth-order valence-electron chi connectivity index (χ4n) is 7.03. The summed E-state index contributed by atoms with van der Waals surface area (Å²) in [4.78, 5) is 27.5. The van der Waals surface area contributed by atoms with Gasteiger partial charge in [-0.05, 0) is 78.8 Å². The monoisotopic (exact) mass is 740 g/mol. The molecule has 4 aromatic carbocycles. The molecule has 2 aliphatic heterocycles. The molecule has 0 aliphatic carbocycles. The first-order chi connectivity index (χ1) is 25.7. The van der Waals surface area contributed by atoms with E-state index in [4.69, 9.17) is 26.8 Å². The molecule has 0 saturated carbocycles. The van der Waals surface area contributed by atoms with Gasteiger partial charge in [-0.1, -0.05) is 78.7 Å². The Morgan fingerprint density at radius 3 is 2.23 bits per heavy atom. The molecule has 2 heterocycles. The minimum atomic E-state index is -0.892. The van der Waals surface area contributed by atoms with Crippen molar-refractivity contribution < 1.29 is 29.3 Å². The quantitative estimate of drug-likeness (QED) is 0.0661. The van der Waals surface area contributed by atoms with Crippen LogP contribution in [0.4, 0.5) is 17.1 Å². The molecule has 2 amide bonds. The van der Waals surface area contributed by atoms with E-state index < -0.39 is 11.9 Å². The summed E-state index contributed by atoms with van der Waals surface area (Å²) in [6, 6.07) is 30.0. The van der Waals surface area contributed by atoms with E-state index in [1.165, 1.54) is 0 Å². The topological polar surface area (TPSA) is 146 Å². The molecule has 0 radical (unpaired) electrons. The molecule has 0 aromatic heterocycles. The number of likely N-dealkylation sites (tertiary alicyclic amines) is 1. The van der Waals surface area contributed by atoms with Gasteiger partial charge in [0.15, 0.2) is 6.29 Å². The lowest BCUT2D eigenvalue weighted by Gasteiger charge is -2.42. The molecule has 0 bridgehead atoms. The fraction of sp³-hybridized carbons (Fsp3) is 0.381. The van der Waals surface area contributed by atoms with Crippen LogP contribution in [0.2, 0.25) is 5.02 Å². The number of carbonyl (C=O) groups excluding carboxylic acids is 2. The van der Waals surface area contributed by atoms with E-state index in [-0.39, 0.29) is 30.6 Å².